The summed E-state index contributed by atoms with van der Waals surface area (Å²) in [7, 11) is 0. The third-order valence-corrected chi connectivity index (χ3v) is 4.33. The van der Waals surface area contributed by atoms with Gasteiger partial charge in [-0.15, -0.1) is 0 Å². The van der Waals surface area contributed by atoms with Crippen LogP contribution in [0.15, 0.2) is 34.5 Å². The molecule has 0 amide bonds. The Hall–Kier alpha value is -0.800. The highest BCUT2D eigenvalue weighted by Gasteiger charge is 2.21. The van der Waals surface area contributed by atoms with Crippen LogP contribution < -0.4 is 5.32 Å². The molecule has 1 aliphatic heterocycles. The minimum Gasteiger partial charge on any atom is -0.496 e. The second kappa shape index (κ2) is 7.11. The molecular weight excluding hydrogens is 302 g/mol. The SMILES string of the molecule is CCCNC(C1=CCCCO1)c1cccc(Br)c1C. The van der Waals surface area contributed by atoms with Crippen LogP contribution in [0.5, 0.6) is 0 Å². The van der Waals surface area contributed by atoms with Crippen molar-refractivity contribution in [1.82, 2.24) is 5.32 Å². The molecule has 0 fully saturated rings. The maximum absolute atomic E-state index is 5.87. The van der Waals surface area contributed by atoms with Gasteiger partial charge in [0.1, 0.15) is 5.76 Å². The minimum atomic E-state index is 0.178. The molecule has 2 rings (SSSR count). The fraction of sp³-hybridized carbons (Fsp3) is 0.500. The van der Waals surface area contributed by atoms with Crippen LogP contribution in [0.1, 0.15) is 43.4 Å². The number of allylic oxidation sites excluding steroid dienone is 1. The first-order chi connectivity index (χ1) is 9.24. The third-order valence-electron chi connectivity index (χ3n) is 3.47. The number of ether oxygens (including phenoxy) is 1. The molecule has 1 aliphatic rings. The predicted octanol–water partition coefficient (Wildman–Crippen LogP) is 4.49. The van der Waals surface area contributed by atoms with E-state index in [9.17, 15) is 0 Å². The van der Waals surface area contributed by atoms with Gasteiger partial charge in [-0.1, -0.05) is 35.0 Å². The fourth-order valence-corrected chi connectivity index (χ4v) is 2.75. The van der Waals surface area contributed by atoms with Crippen LogP contribution >= 0.6 is 15.9 Å². The van der Waals surface area contributed by atoms with Crippen LogP contribution in [0.25, 0.3) is 0 Å². The summed E-state index contributed by atoms with van der Waals surface area (Å²) in [5.74, 6) is 1.08. The lowest BCUT2D eigenvalue weighted by atomic mass is 9.98. The molecule has 3 heteroatoms. The summed E-state index contributed by atoms with van der Waals surface area (Å²) in [6, 6.07) is 6.55. The van der Waals surface area contributed by atoms with Crippen molar-refractivity contribution in [3.05, 3.63) is 45.6 Å². The van der Waals surface area contributed by atoms with Crippen molar-refractivity contribution in [3.8, 4) is 0 Å². The fourth-order valence-electron chi connectivity index (χ4n) is 2.37. The molecule has 1 unspecified atom stereocenters. The standard InChI is InChI=1S/C16H22BrNO/c1-3-10-18-16(15-9-4-5-11-19-15)13-7-6-8-14(17)12(13)2/h6-9,16,18H,3-5,10-11H2,1-2H3. The van der Waals surface area contributed by atoms with Gasteiger partial charge in [-0.25, -0.2) is 0 Å². The van der Waals surface area contributed by atoms with E-state index in [0.717, 1.165) is 42.6 Å². The van der Waals surface area contributed by atoms with E-state index in [4.69, 9.17) is 4.74 Å². The predicted molar refractivity (Wildman–Crippen MR) is 83.2 cm³/mol. The Kier molecular flexibility index (Phi) is 5.46. The van der Waals surface area contributed by atoms with Gasteiger partial charge in [-0.2, -0.15) is 0 Å². The molecule has 1 heterocycles. The number of nitrogens with one attached hydrogen (secondary N) is 1. The molecule has 0 aliphatic carbocycles. The Labute approximate surface area is 124 Å². The Balaban J connectivity index is 2.30. The summed E-state index contributed by atoms with van der Waals surface area (Å²) in [4.78, 5) is 0. The van der Waals surface area contributed by atoms with Crippen molar-refractivity contribution in [2.75, 3.05) is 13.2 Å². The van der Waals surface area contributed by atoms with Gasteiger partial charge in [0.05, 0.1) is 12.6 Å². The van der Waals surface area contributed by atoms with E-state index >= 15 is 0 Å². The highest BCUT2D eigenvalue weighted by atomic mass is 79.9. The van der Waals surface area contributed by atoms with Gasteiger partial charge in [0.2, 0.25) is 0 Å². The molecule has 19 heavy (non-hydrogen) atoms. The molecule has 1 atom stereocenters. The lowest BCUT2D eigenvalue weighted by Gasteiger charge is -2.26. The zero-order chi connectivity index (χ0) is 13.7. The van der Waals surface area contributed by atoms with E-state index < -0.39 is 0 Å². The smallest absolute Gasteiger partial charge is 0.113 e. The molecule has 2 nitrogen and oxygen atoms in total. The molecule has 1 aromatic carbocycles. The lowest BCUT2D eigenvalue weighted by Crippen LogP contribution is -2.27. The topological polar surface area (TPSA) is 21.3 Å². The van der Waals surface area contributed by atoms with Crippen molar-refractivity contribution < 1.29 is 4.74 Å². The van der Waals surface area contributed by atoms with E-state index in [1.807, 2.05) is 0 Å². The zero-order valence-electron chi connectivity index (χ0n) is 11.7. The number of benzene rings is 1. The highest BCUT2D eigenvalue weighted by molar-refractivity contribution is 9.10. The van der Waals surface area contributed by atoms with Crippen molar-refractivity contribution in [3.63, 3.8) is 0 Å². The average molecular weight is 324 g/mol. The van der Waals surface area contributed by atoms with Gasteiger partial charge in [0, 0.05) is 4.47 Å². The van der Waals surface area contributed by atoms with E-state index in [1.165, 1.54) is 11.1 Å². The van der Waals surface area contributed by atoms with Gasteiger partial charge in [0.15, 0.2) is 0 Å². The monoisotopic (exact) mass is 323 g/mol. The Bertz CT molecular complexity index is 456. The molecule has 0 aromatic heterocycles. The molecule has 0 saturated carbocycles. The van der Waals surface area contributed by atoms with Crippen LogP contribution in [0, 0.1) is 6.92 Å². The van der Waals surface area contributed by atoms with Gasteiger partial charge >= 0.3 is 0 Å². The highest BCUT2D eigenvalue weighted by Crippen LogP contribution is 2.31. The van der Waals surface area contributed by atoms with Gasteiger partial charge in [0.25, 0.3) is 0 Å². The molecule has 0 spiro atoms. The maximum Gasteiger partial charge on any atom is 0.113 e. The van der Waals surface area contributed by atoms with Crippen LogP contribution in [0.2, 0.25) is 0 Å². The average Bonchev–Trinajstić information content (AvgIpc) is 2.45. The zero-order valence-corrected chi connectivity index (χ0v) is 13.3. The normalized spacial score (nSPS) is 16.7. The number of hydrogen-bond acceptors (Lipinski definition) is 2. The number of halogens is 1. The third kappa shape index (κ3) is 3.61. The van der Waals surface area contributed by atoms with E-state index in [0.29, 0.717) is 0 Å². The maximum atomic E-state index is 5.87. The van der Waals surface area contributed by atoms with E-state index in [2.05, 4.69) is 59.4 Å². The number of rotatable bonds is 5. The molecule has 0 saturated heterocycles. The summed E-state index contributed by atoms with van der Waals surface area (Å²) < 4.78 is 7.03. The van der Waals surface area contributed by atoms with Crippen LogP contribution in [-0.2, 0) is 4.74 Å². The molecule has 0 radical (unpaired) electrons. The van der Waals surface area contributed by atoms with Crippen LogP contribution in [-0.4, -0.2) is 13.2 Å². The molecule has 1 N–H and O–H groups in total. The Morgan fingerprint density at radius 1 is 1.42 bits per heavy atom. The number of hydrogen-bond donors (Lipinski definition) is 1. The minimum absolute atomic E-state index is 0.178. The first kappa shape index (κ1) is 14.6. The van der Waals surface area contributed by atoms with Crippen LogP contribution in [0.4, 0.5) is 0 Å². The van der Waals surface area contributed by atoms with Gasteiger partial charge < -0.3 is 10.1 Å². The first-order valence-corrected chi connectivity index (χ1v) is 7.84. The summed E-state index contributed by atoms with van der Waals surface area (Å²) in [6.45, 7) is 6.18. The van der Waals surface area contributed by atoms with Crippen molar-refractivity contribution in [1.29, 1.82) is 0 Å². The second-order valence-corrected chi connectivity index (χ2v) is 5.79. The van der Waals surface area contributed by atoms with Crippen molar-refractivity contribution >= 4 is 15.9 Å². The van der Waals surface area contributed by atoms with Crippen molar-refractivity contribution in [2.24, 2.45) is 0 Å². The van der Waals surface area contributed by atoms with Crippen LogP contribution in [0.3, 0.4) is 0 Å². The largest absolute Gasteiger partial charge is 0.496 e. The summed E-state index contributed by atoms with van der Waals surface area (Å²) >= 11 is 3.62. The Morgan fingerprint density at radius 2 is 2.26 bits per heavy atom. The van der Waals surface area contributed by atoms with E-state index in [-0.39, 0.29) is 6.04 Å². The summed E-state index contributed by atoms with van der Waals surface area (Å²) in [6.07, 6.45) is 5.60. The summed E-state index contributed by atoms with van der Waals surface area (Å²) in [5.41, 5.74) is 2.59. The molecule has 1 aromatic rings. The Morgan fingerprint density at radius 3 is 2.95 bits per heavy atom. The van der Waals surface area contributed by atoms with Gasteiger partial charge in [-0.05, 0) is 56.0 Å². The molecule has 0 bridgehead atoms. The second-order valence-electron chi connectivity index (χ2n) is 4.94. The quantitative estimate of drug-likeness (QED) is 0.861. The molecule has 104 valence electrons. The lowest BCUT2D eigenvalue weighted by molar-refractivity contribution is 0.167. The van der Waals surface area contributed by atoms with Crippen molar-refractivity contribution in [2.45, 2.75) is 39.2 Å². The molecular formula is C16H22BrNO. The van der Waals surface area contributed by atoms with E-state index in [1.54, 1.807) is 0 Å². The first-order valence-electron chi connectivity index (χ1n) is 7.05. The van der Waals surface area contributed by atoms with Gasteiger partial charge in [-0.3, -0.25) is 0 Å². The summed E-state index contributed by atoms with van der Waals surface area (Å²) in [5, 5.41) is 3.61.